The van der Waals surface area contributed by atoms with E-state index in [1.54, 1.807) is 36.2 Å². The monoisotopic (exact) mass is 424 g/mol. The van der Waals surface area contributed by atoms with Gasteiger partial charge in [-0.1, -0.05) is 53.5 Å². The van der Waals surface area contributed by atoms with Gasteiger partial charge in [0.25, 0.3) is 5.91 Å². The standard InChI is InChI=1S/C23H18Cl2N2O2/c1-27(14-18(8-9-28)16-6-7-21(24)22(25)12-16)23(29)20-11-15(13-26)10-17-4-2-3-5-19(17)20/h2-7,9-12,18H,8,14H2,1H3. The molecule has 3 aromatic rings. The zero-order valence-electron chi connectivity index (χ0n) is 15.7. The minimum atomic E-state index is -0.221. The third kappa shape index (κ3) is 4.59. The van der Waals surface area contributed by atoms with Crippen molar-refractivity contribution in [2.75, 3.05) is 13.6 Å². The molecule has 0 aliphatic carbocycles. The zero-order valence-corrected chi connectivity index (χ0v) is 17.2. The van der Waals surface area contributed by atoms with Crippen LogP contribution in [0.25, 0.3) is 10.8 Å². The van der Waals surface area contributed by atoms with E-state index in [2.05, 4.69) is 6.07 Å². The summed E-state index contributed by atoms with van der Waals surface area (Å²) in [5.74, 6) is -0.434. The lowest BCUT2D eigenvalue weighted by atomic mass is 9.95. The number of likely N-dealkylation sites (N-methyl/N-ethyl adjacent to an activating group) is 1. The number of amides is 1. The van der Waals surface area contributed by atoms with Gasteiger partial charge in [0.1, 0.15) is 6.29 Å². The normalized spacial score (nSPS) is 11.7. The van der Waals surface area contributed by atoms with Crippen LogP contribution in [0.1, 0.15) is 33.8 Å². The predicted molar refractivity (Wildman–Crippen MR) is 116 cm³/mol. The van der Waals surface area contributed by atoms with Gasteiger partial charge >= 0.3 is 0 Å². The summed E-state index contributed by atoms with van der Waals surface area (Å²) in [6.45, 7) is 0.320. The number of nitrogens with zero attached hydrogens (tertiary/aromatic N) is 2. The third-order valence-corrected chi connectivity index (χ3v) is 5.60. The Morgan fingerprint density at radius 3 is 2.59 bits per heavy atom. The maximum atomic E-state index is 13.2. The average molecular weight is 425 g/mol. The Labute approximate surface area is 179 Å². The first-order valence-corrected chi connectivity index (χ1v) is 9.77. The summed E-state index contributed by atoms with van der Waals surface area (Å²) >= 11 is 12.1. The number of carbonyl (C=O) groups is 2. The Kier molecular flexibility index (Phi) is 6.53. The minimum Gasteiger partial charge on any atom is -0.341 e. The topological polar surface area (TPSA) is 61.2 Å². The van der Waals surface area contributed by atoms with E-state index in [9.17, 15) is 14.9 Å². The number of hydrogen-bond acceptors (Lipinski definition) is 3. The van der Waals surface area contributed by atoms with Gasteiger partial charge in [-0.25, -0.2) is 0 Å². The summed E-state index contributed by atoms with van der Waals surface area (Å²) < 4.78 is 0. The van der Waals surface area contributed by atoms with E-state index < -0.39 is 0 Å². The van der Waals surface area contributed by atoms with Gasteiger partial charge in [-0.3, -0.25) is 4.79 Å². The molecule has 0 radical (unpaired) electrons. The number of carbonyl (C=O) groups excluding carboxylic acids is 2. The van der Waals surface area contributed by atoms with Crippen molar-refractivity contribution >= 4 is 46.2 Å². The van der Waals surface area contributed by atoms with Gasteiger partial charge in [0.15, 0.2) is 0 Å². The second-order valence-electron chi connectivity index (χ2n) is 6.82. The highest BCUT2D eigenvalue weighted by molar-refractivity contribution is 6.42. The molecule has 0 saturated carbocycles. The molecule has 0 fully saturated rings. The van der Waals surface area contributed by atoms with Crippen LogP contribution in [0.2, 0.25) is 10.0 Å². The van der Waals surface area contributed by atoms with Crippen molar-refractivity contribution in [3.8, 4) is 6.07 Å². The first-order valence-electron chi connectivity index (χ1n) is 9.01. The number of nitriles is 1. The van der Waals surface area contributed by atoms with Crippen LogP contribution in [-0.4, -0.2) is 30.7 Å². The van der Waals surface area contributed by atoms with Crippen LogP contribution in [0.4, 0.5) is 0 Å². The van der Waals surface area contributed by atoms with Crippen LogP contribution in [0.5, 0.6) is 0 Å². The molecule has 0 aliphatic rings. The number of fused-ring (bicyclic) bond motifs is 1. The molecule has 0 aliphatic heterocycles. The highest BCUT2D eigenvalue weighted by atomic mass is 35.5. The molecule has 0 heterocycles. The quantitative estimate of drug-likeness (QED) is 0.493. The number of halogens is 2. The summed E-state index contributed by atoms with van der Waals surface area (Å²) in [4.78, 5) is 26.0. The Balaban J connectivity index is 1.93. The Morgan fingerprint density at radius 2 is 1.90 bits per heavy atom. The average Bonchev–Trinajstić information content (AvgIpc) is 2.73. The Hall–Kier alpha value is -2.87. The summed E-state index contributed by atoms with van der Waals surface area (Å²) in [5, 5.41) is 11.8. The lowest BCUT2D eigenvalue weighted by Crippen LogP contribution is -2.31. The molecule has 3 rings (SSSR count). The van der Waals surface area contributed by atoms with E-state index in [0.29, 0.717) is 27.7 Å². The fourth-order valence-electron chi connectivity index (χ4n) is 3.37. The van der Waals surface area contributed by atoms with E-state index in [-0.39, 0.29) is 18.2 Å². The molecular weight excluding hydrogens is 407 g/mol. The predicted octanol–water partition coefficient (Wildman–Crippen LogP) is 5.46. The molecular formula is C23H18Cl2N2O2. The highest BCUT2D eigenvalue weighted by Gasteiger charge is 2.21. The van der Waals surface area contributed by atoms with Gasteiger partial charge in [0, 0.05) is 31.5 Å². The molecule has 3 aromatic carbocycles. The van der Waals surface area contributed by atoms with Crippen LogP contribution < -0.4 is 0 Å². The van der Waals surface area contributed by atoms with Gasteiger partial charge in [-0.15, -0.1) is 0 Å². The summed E-state index contributed by atoms with van der Waals surface area (Å²) in [5.41, 5.74) is 1.72. The van der Waals surface area contributed by atoms with Crippen molar-refractivity contribution in [3.63, 3.8) is 0 Å². The van der Waals surface area contributed by atoms with Gasteiger partial charge in [-0.2, -0.15) is 5.26 Å². The van der Waals surface area contributed by atoms with Crippen molar-refractivity contribution in [1.82, 2.24) is 4.90 Å². The first-order chi connectivity index (χ1) is 13.9. The molecule has 1 amide bonds. The molecule has 6 heteroatoms. The van der Waals surface area contributed by atoms with E-state index in [0.717, 1.165) is 22.6 Å². The van der Waals surface area contributed by atoms with Gasteiger partial charge in [0.2, 0.25) is 0 Å². The largest absolute Gasteiger partial charge is 0.341 e. The van der Waals surface area contributed by atoms with Gasteiger partial charge in [-0.05, 0) is 40.6 Å². The molecule has 29 heavy (non-hydrogen) atoms. The zero-order chi connectivity index (χ0) is 21.0. The van der Waals surface area contributed by atoms with Crippen LogP contribution in [0.3, 0.4) is 0 Å². The van der Waals surface area contributed by atoms with E-state index >= 15 is 0 Å². The van der Waals surface area contributed by atoms with Crippen molar-refractivity contribution in [2.45, 2.75) is 12.3 Å². The maximum absolute atomic E-state index is 13.2. The van der Waals surface area contributed by atoms with Crippen LogP contribution >= 0.6 is 23.2 Å². The molecule has 4 nitrogen and oxygen atoms in total. The minimum absolute atomic E-state index is 0.214. The number of benzene rings is 3. The second-order valence-corrected chi connectivity index (χ2v) is 7.63. The maximum Gasteiger partial charge on any atom is 0.254 e. The summed E-state index contributed by atoms with van der Waals surface area (Å²) in [6, 6.07) is 18.2. The number of aldehydes is 1. The lowest BCUT2D eigenvalue weighted by molar-refractivity contribution is -0.108. The molecule has 146 valence electrons. The van der Waals surface area contributed by atoms with E-state index in [1.165, 1.54) is 0 Å². The number of rotatable bonds is 6. The third-order valence-electron chi connectivity index (χ3n) is 4.86. The fourth-order valence-corrected chi connectivity index (χ4v) is 3.68. The van der Waals surface area contributed by atoms with Crippen molar-refractivity contribution < 1.29 is 9.59 Å². The molecule has 0 spiro atoms. The molecule has 0 aromatic heterocycles. The van der Waals surface area contributed by atoms with Gasteiger partial charge < -0.3 is 9.69 Å². The molecule has 1 unspecified atom stereocenters. The fraction of sp³-hybridized carbons (Fsp3) is 0.174. The highest BCUT2D eigenvalue weighted by Crippen LogP contribution is 2.29. The van der Waals surface area contributed by atoms with Crippen molar-refractivity contribution in [2.24, 2.45) is 0 Å². The first kappa shape index (κ1) is 20.9. The number of hydrogen-bond donors (Lipinski definition) is 0. The van der Waals surface area contributed by atoms with Crippen LogP contribution in [0.15, 0.2) is 54.6 Å². The van der Waals surface area contributed by atoms with Crippen LogP contribution in [0, 0.1) is 11.3 Å². The van der Waals surface area contributed by atoms with E-state index in [1.807, 2.05) is 30.3 Å². The van der Waals surface area contributed by atoms with Crippen molar-refractivity contribution in [3.05, 3.63) is 81.3 Å². The Bertz CT molecular complexity index is 1120. The molecule has 0 saturated heterocycles. The smallest absolute Gasteiger partial charge is 0.254 e. The molecule has 0 bridgehead atoms. The molecule has 0 N–H and O–H groups in total. The SMILES string of the molecule is CN(CC(CC=O)c1ccc(Cl)c(Cl)c1)C(=O)c1cc(C#N)cc2ccccc12. The second kappa shape index (κ2) is 9.09. The Morgan fingerprint density at radius 1 is 1.14 bits per heavy atom. The van der Waals surface area contributed by atoms with Gasteiger partial charge in [0.05, 0.1) is 21.7 Å². The van der Waals surface area contributed by atoms with Crippen molar-refractivity contribution in [1.29, 1.82) is 5.26 Å². The van der Waals surface area contributed by atoms with E-state index in [4.69, 9.17) is 23.2 Å². The lowest BCUT2D eigenvalue weighted by Gasteiger charge is -2.24. The molecule has 1 atom stereocenters. The summed E-state index contributed by atoms with van der Waals surface area (Å²) in [6.07, 6.45) is 1.08. The summed E-state index contributed by atoms with van der Waals surface area (Å²) in [7, 11) is 1.69. The van der Waals surface area contributed by atoms with Crippen LogP contribution in [-0.2, 0) is 4.79 Å².